The first-order valence-electron chi connectivity index (χ1n) is 6.20. The average molecular weight is 214 g/mol. The molecule has 0 saturated carbocycles. The molecule has 3 nitrogen and oxygen atoms in total. The van der Waals surface area contributed by atoms with E-state index in [2.05, 4.69) is 37.9 Å². The van der Waals surface area contributed by atoms with E-state index in [4.69, 9.17) is 4.74 Å². The molecule has 1 N–H and O–H groups in total. The molecule has 1 saturated heterocycles. The summed E-state index contributed by atoms with van der Waals surface area (Å²) in [5.41, 5.74) is 0. The molecule has 0 spiro atoms. The molecule has 3 atom stereocenters. The van der Waals surface area contributed by atoms with Gasteiger partial charge in [-0.1, -0.05) is 13.8 Å². The van der Waals surface area contributed by atoms with Crippen LogP contribution in [0.4, 0.5) is 0 Å². The summed E-state index contributed by atoms with van der Waals surface area (Å²) in [5, 5.41) is 3.40. The van der Waals surface area contributed by atoms with Crippen LogP contribution < -0.4 is 5.32 Å². The summed E-state index contributed by atoms with van der Waals surface area (Å²) in [4.78, 5) is 2.53. The molecule has 0 aliphatic carbocycles. The quantitative estimate of drug-likeness (QED) is 0.747. The predicted molar refractivity (Wildman–Crippen MR) is 64.2 cm³/mol. The molecule has 0 bridgehead atoms. The van der Waals surface area contributed by atoms with Gasteiger partial charge >= 0.3 is 0 Å². The maximum absolute atomic E-state index is 5.72. The van der Waals surface area contributed by atoms with Gasteiger partial charge in [0.05, 0.1) is 12.2 Å². The Kier molecular flexibility index (Phi) is 5.58. The Morgan fingerprint density at radius 3 is 2.47 bits per heavy atom. The van der Waals surface area contributed by atoms with Gasteiger partial charge in [-0.05, 0) is 32.9 Å². The SMILES string of the molecule is CCNCC(C)CN1C[C@@H](C)O[C@@H](C)C1. The maximum atomic E-state index is 5.72. The first kappa shape index (κ1) is 12.9. The van der Waals surface area contributed by atoms with Crippen molar-refractivity contribution in [1.29, 1.82) is 0 Å². The third kappa shape index (κ3) is 4.96. The molecule has 3 heteroatoms. The number of nitrogens with one attached hydrogen (secondary N) is 1. The second kappa shape index (κ2) is 6.46. The van der Waals surface area contributed by atoms with Crippen molar-refractivity contribution in [1.82, 2.24) is 10.2 Å². The first-order chi connectivity index (χ1) is 7.11. The van der Waals surface area contributed by atoms with Gasteiger partial charge in [0.1, 0.15) is 0 Å². The van der Waals surface area contributed by atoms with Crippen molar-refractivity contribution in [3.05, 3.63) is 0 Å². The fraction of sp³-hybridized carbons (Fsp3) is 1.00. The Balaban J connectivity index is 2.24. The van der Waals surface area contributed by atoms with Gasteiger partial charge in [0.25, 0.3) is 0 Å². The molecule has 15 heavy (non-hydrogen) atoms. The van der Waals surface area contributed by atoms with Crippen LogP contribution in [0.25, 0.3) is 0 Å². The molecule has 1 aliphatic heterocycles. The highest BCUT2D eigenvalue weighted by atomic mass is 16.5. The molecule has 0 aromatic rings. The number of hydrogen-bond acceptors (Lipinski definition) is 3. The maximum Gasteiger partial charge on any atom is 0.0678 e. The lowest BCUT2D eigenvalue weighted by Gasteiger charge is -2.36. The van der Waals surface area contributed by atoms with Crippen molar-refractivity contribution in [3.63, 3.8) is 0 Å². The van der Waals surface area contributed by atoms with E-state index < -0.39 is 0 Å². The molecule has 0 aromatic heterocycles. The molecule has 0 aromatic carbocycles. The highest BCUT2D eigenvalue weighted by Crippen LogP contribution is 2.12. The largest absolute Gasteiger partial charge is 0.373 e. The van der Waals surface area contributed by atoms with E-state index in [0.29, 0.717) is 12.2 Å². The molecular formula is C12H26N2O. The molecule has 1 unspecified atom stereocenters. The smallest absolute Gasteiger partial charge is 0.0678 e. The number of rotatable bonds is 5. The summed E-state index contributed by atoms with van der Waals surface area (Å²) >= 11 is 0. The molecule has 90 valence electrons. The Morgan fingerprint density at radius 2 is 1.93 bits per heavy atom. The Morgan fingerprint density at radius 1 is 1.33 bits per heavy atom. The van der Waals surface area contributed by atoms with E-state index in [1.165, 1.54) is 6.54 Å². The molecule has 1 heterocycles. The normalized spacial score (nSPS) is 30.4. The zero-order valence-corrected chi connectivity index (χ0v) is 10.6. The molecule has 1 aliphatic rings. The second-order valence-corrected chi connectivity index (χ2v) is 4.89. The monoisotopic (exact) mass is 214 g/mol. The van der Waals surface area contributed by atoms with Crippen LogP contribution in [0.15, 0.2) is 0 Å². The van der Waals surface area contributed by atoms with E-state index >= 15 is 0 Å². The van der Waals surface area contributed by atoms with Crippen molar-refractivity contribution < 1.29 is 4.74 Å². The zero-order chi connectivity index (χ0) is 11.3. The van der Waals surface area contributed by atoms with Crippen LogP contribution >= 0.6 is 0 Å². The van der Waals surface area contributed by atoms with Crippen LogP contribution in [-0.4, -0.2) is 49.8 Å². The summed E-state index contributed by atoms with van der Waals surface area (Å²) < 4.78 is 5.72. The van der Waals surface area contributed by atoms with E-state index in [0.717, 1.165) is 32.1 Å². The minimum atomic E-state index is 0.389. The van der Waals surface area contributed by atoms with Crippen molar-refractivity contribution in [2.45, 2.75) is 39.9 Å². The lowest BCUT2D eigenvalue weighted by Crippen LogP contribution is -2.47. The Labute approximate surface area is 94.2 Å². The molecule has 0 radical (unpaired) electrons. The molecule has 0 amide bonds. The molecule has 1 fully saturated rings. The van der Waals surface area contributed by atoms with E-state index in [1.54, 1.807) is 0 Å². The van der Waals surface area contributed by atoms with Gasteiger partial charge < -0.3 is 10.1 Å². The molecular weight excluding hydrogens is 188 g/mol. The minimum Gasteiger partial charge on any atom is -0.373 e. The summed E-state index contributed by atoms with van der Waals surface area (Å²) in [6.07, 6.45) is 0.778. The van der Waals surface area contributed by atoms with E-state index in [1.807, 2.05) is 0 Å². The summed E-state index contributed by atoms with van der Waals surface area (Å²) in [5.74, 6) is 0.724. The fourth-order valence-corrected chi connectivity index (χ4v) is 2.33. The van der Waals surface area contributed by atoms with Crippen molar-refractivity contribution in [2.75, 3.05) is 32.7 Å². The summed E-state index contributed by atoms with van der Waals surface area (Å²) in [7, 11) is 0. The highest BCUT2D eigenvalue weighted by Gasteiger charge is 2.22. The summed E-state index contributed by atoms with van der Waals surface area (Å²) in [6, 6.07) is 0. The Bertz CT molecular complexity index is 165. The number of hydrogen-bond donors (Lipinski definition) is 1. The van der Waals surface area contributed by atoms with Gasteiger partial charge in [-0.2, -0.15) is 0 Å². The van der Waals surface area contributed by atoms with Crippen LogP contribution in [0, 0.1) is 5.92 Å². The van der Waals surface area contributed by atoms with Crippen LogP contribution in [0.1, 0.15) is 27.7 Å². The number of nitrogens with zero attached hydrogens (tertiary/aromatic N) is 1. The third-order valence-corrected chi connectivity index (χ3v) is 2.81. The van der Waals surface area contributed by atoms with Crippen LogP contribution in [0.5, 0.6) is 0 Å². The highest BCUT2D eigenvalue weighted by molar-refractivity contribution is 4.75. The first-order valence-corrected chi connectivity index (χ1v) is 6.20. The number of ether oxygens (including phenoxy) is 1. The van der Waals surface area contributed by atoms with Crippen LogP contribution in [0.2, 0.25) is 0 Å². The van der Waals surface area contributed by atoms with E-state index in [9.17, 15) is 0 Å². The second-order valence-electron chi connectivity index (χ2n) is 4.89. The topological polar surface area (TPSA) is 24.5 Å². The average Bonchev–Trinajstić information content (AvgIpc) is 2.13. The fourth-order valence-electron chi connectivity index (χ4n) is 2.33. The van der Waals surface area contributed by atoms with Crippen molar-refractivity contribution in [2.24, 2.45) is 5.92 Å². The molecule has 1 rings (SSSR count). The lowest BCUT2D eigenvalue weighted by molar-refractivity contribution is -0.0708. The number of morpholine rings is 1. The van der Waals surface area contributed by atoms with Gasteiger partial charge in [0, 0.05) is 19.6 Å². The van der Waals surface area contributed by atoms with Crippen molar-refractivity contribution >= 4 is 0 Å². The minimum absolute atomic E-state index is 0.389. The van der Waals surface area contributed by atoms with Gasteiger partial charge in [-0.3, -0.25) is 4.90 Å². The van der Waals surface area contributed by atoms with Gasteiger partial charge in [-0.25, -0.2) is 0 Å². The van der Waals surface area contributed by atoms with E-state index in [-0.39, 0.29) is 0 Å². The predicted octanol–water partition coefficient (Wildman–Crippen LogP) is 1.34. The third-order valence-electron chi connectivity index (χ3n) is 2.81. The zero-order valence-electron chi connectivity index (χ0n) is 10.6. The van der Waals surface area contributed by atoms with Gasteiger partial charge in [0.2, 0.25) is 0 Å². The van der Waals surface area contributed by atoms with Gasteiger partial charge in [0.15, 0.2) is 0 Å². The van der Waals surface area contributed by atoms with Crippen LogP contribution in [0.3, 0.4) is 0 Å². The summed E-state index contributed by atoms with van der Waals surface area (Å²) in [6.45, 7) is 14.3. The lowest BCUT2D eigenvalue weighted by atomic mass is 10.1. The standard InChI is InChI=1S/C12H26N2O/c1-5-13-6-10(2)7-14-8-11(3)15-12(4)9-14/h10-13H,5-9H2,1-4H3/t10?,11-,12+. The van der Waals surface area contributed by atoms with Crippen molar-refractivity contribution in [3.8, 4) is 0 Å². The Hall–Kier alpha value is -0.120. The van der Waals surface area contributed by atoms with Gasteiger partial charge in [-0.15, -0.1) is 0 Å². The van der Waals surface area contributed by atoms with Crippen LogP contribution in [-0.2, 0) is 4.74 Å².